The number of carbonyl (C=O) groups is 1. The van der Waals surface area contributed by atoms with Crippen LogP contribution in [0.4, 0.5) is 5.82 Å². The molecule has 0 aliphatic rings. The second-order valence-electron chi connectivity index (χ2n) is 3.23. The number of ether oxygens (including phenoxy) is 1. The molecule has 1 heterocycles. The fraction of sp³-hybridized carbons (Fsp3) is 0.0833. The number of methoxy groups -OCH3 is 1. The summed E-state index contributed by atoms with van der Waals surface area (Å²) in [4.78, 5) is 18.8. The molecule has 84 valence electrons. The van der Waals surface area contributed by atoms with Crippen molar-refractivity contribution in [3.8, 4) is 11.8 Å². The molecular weight excluding hydrogens is 218 g/mol. The van der Waals surface area contributed by atoms with E-state index in [0.717, 1.165) is 5.52 Å². The molecule has 2 aromatic rings. The van der Waals surface area contributed by atoms with Crippen molar-refractivity contribution in [2.45, 2.75) is 0 Å². The third-order valence-electron chi connectivity index (χ3n) is 2.16. The number of hydrogen-bond donors (Lipinski definition) is 1. The molecule has 5 heteroatoms. The Kier molecular flexibility index (Phi) is 2.88. The summed E-state index contributed by atoms with van der Waals surface area (Å²) in [5, 5.41) is 0.712. The molecule has 0 radical (unpaired) electrons. The average Bonchev–Trinajstić information content (AvgIpc) is 2.36. The van der Waals surface area contributed by atoms with Crippen LogP contribution in [-0.2, 0) is 9.53 Å². The van der Waals surface area contributed by atoms with Gasteiger partial charge in [0.15, 0.2) is 0 Å². The van der Waals surface area contributed by atoms with Crippen LogP contribution in [0.1, 0.15) is 5.56 Å². The highest BCUT2D eigenvalue weighted by Crippen LogP contribution is 2.17. The highest BCUT2D eigenvalue weighted by molar-refractivity contribution is 5.91. The summed E-state index contributed by atoms with van der Waals surface area (Å²) in [6, 6.07) is 5.26. The number of fused-ring (bicyclic) bond motifs is 1. The Morgan fingerprint density at radius 1 is 1.41 bits per heavy atom. The van der Waals surface area contributed by atoms with Crippen LogP contribution >= 0.6 is 0 Å². The second-order valence-corrected chi connectivity index (χ2v) is 3.23. The first-order valence-corrected chi connectivity index (χ1v) is 4.81. The van der Waals surface area contributed by atoms with Gasteiger partial charge in [0.25, 0.3) is 0 Å². The summed E-state index contributed by atoms with van der Waals surface area (Å²) in [5.74, 6) is 4.82. The molecule has 0 aliphatic carbocycles. The highest BCUT2D eigenvalue weighted by atomic mass is 16.5. The largest absolute Gasteiger partial charge is 0.459 e. The van der Waals surface area contributed by atoms with Crippen molar-refractivity contribution in [3.05, 3.63) is 30.1 Å². The molecule has 0 fully saturated rings. The number of nitrogen functional groups attached to an aromatic ring is 1. The first-order valence-electron chi connectivity index (χ1n) is 4.81. The van der Waals surface area contributed by atoms with Crippen LogP contribution in [0.3, 0.4) is 0 Å². The van der Waals surface area contributed by atoms with E-state index in [9.17, 15) is 4.79 Å². The highest BCUT2D eigenvalue weighted by Gasteiger charge is 2.00. The Bertz CT molecular complexity index is 641. The number of nitrogens with zero attached hydrogens (tertiary/aromatic N) is 2. The van der Waals surface area contributed by atoms with Crippen LogP contribution in [0.2, 0.25) is 0 Å². The van der Waals surface area contributed by atoms with E-state index in [1.807, 2.05) is 0 Å². The van der Waals surface area contributed by atoms with E-state index in [0.29, 0.717) is 16.8 Å². The second kappa shape index (κ2) is 4.49. The molecule has 5 nitrogen and oxygen atoms in total. The van der Waals surface area contributed by atoms with Crippen LogP contribution in [0.25, 0.3) is 10.9 Å². The molecule has 17 heavy (non-hydrogen) atoms. The van der Waals surface area contributed by atoms with Gasteiger partial charge in [-0.05, 0) is 18.2 Å². The minimum atomic E-state index is -0.581. The Morgan fingerprint density at radius 3 is 3.00 bits per heavy atom. The van der Waals surface area contributed by atoms with Crippen LogP contribution in [0.5, 0.6) is 0 Å². The number of hydrogen-bond acceptors (Lipinski definition) is 5. The van der Waals surface area contributed by atoms with Crippen LogP contribution in [0, 0.1) is 11.8 Å². The average molecular weight is 227 g/mol. The quantitative estimate of drug-likeness (QED) is 0.530. The van der Waals surface area contributed by atoms with Crippen molar-refractivity contribution >= 4 is 22.7 Å². The monoisotopic (exact) mass is 227 g/mol. The molecule has 0 spiro atoms. The molecule has 0 unspecified atom stereocenters. The Hall–Kier alpha value is -2.61. The number of nitrogens with two attached hydrogens (primary N) is 1. The normalized spacial score (nSPS) is 9.47. The van der Waals surface area contributed by atoms with Crippen molar-refractivity contribution in [1.29, 1.82) is 0 Å². The lowest BCUT2D eigenvalue weighted by Gasteiger charge is -1.99. The maximum absolute atomic E-state index is 10.9. The summed E-state index contributed by atoms with van der Waals surface area (Å²) < 4.78 is 4.42. The van der Waals surface area contributed by atoms with Gasteiger partial charge in [-0.1, -0.05) is 5.92 Å². The van der Waals surface area contributed by atoms with Gasteiger partial charge in [0.05, 0.1) is 12.6 Å². The number of carbonyl (C=O) groups excluding carboxylic acids is 1. The zero-order chi connectivity index (χ0) is 12.3. The van der Waals surface area contributed by atoms with E-state index in [4.69, 9.17) is 5.73 Å². The van der Waals surface area contributed by atoms with Crippen molar-refractivity contribution in [1.82, 2.24) is 9.97 Å². The number of esters is 1. The van der Waals surface area contributed by atoms with E-state index < -0.39 is 5.97 Å². The summed E-state index contributed by atoms with van der Waals surface area (Å²) in [5.41, 5.74) is 7.11. The summed E-state index contributed by atoms with van der Waals surface area (Å²) in [6.45, 7) is 0. The molecule has 0 atom stereocenters. The first kappa shape index (κ1) is 10.9. The van der Waals surface area contributed by atoms with E-state index in [2.05, 4.69) is 26.5 Å². The van der Waals surface area contributed by atoms with E-state index >= 15 is 0 Å². The maximum Gasteiger partial charge on any atom is 0.384 e. The fourth-order valence-corrected chi connectivity index (χ4v) is 1.33. The summed E-state index contributed by atoms with van der Waals surface area (Å²) in [7, 11) is 1.28. The number of rotatable bonds is 0. The minimum absolute atomic E-state index is 0.386. The molecule has 0 saturated carbocycles. The lowest BCUT2D eigenvalue weighted by molar-refractivity contribution is -0.133. The van der Waals surface area contributed by atoms with Gasteiger partial charge in [0.1, 0.15) is 12.1 Å². The predicted molar refractivity (Wildman–Crippen MR) is 62.8 cm³/mol. The number of benzene rings is 1. The van der Waals surface area contributed by atoms with E-state index in [1.165, 1.54) is 13.4 Å². The Balaban J connectivity index is 2.47. The van der Waals surface area contributed by atoms with E-state index in [-0.39, 0.29) is 0 Å². The molecule has 0 saturated heterocycles. The van der Waals surface area contributed by atoms with Crippen molar-refractivity contribution in [2.24, 2.45) is 0 Å². The molecule has 1 aromatic heterocycles. The smallest absolute Gasteiger partial charge is 0.384 e. The van der Waals surface area contributed by atoms with Gasteiger partial charge in [-0.3, -0.25) is 0 Å². The minimum Gasteiger partial charge on any atom is -0.459 e. The van der Waals surface area contributed by atoms with Gasteiger partial charge < -0.3 is 10.5 Å². The van der Waals surface area contributed by atoms with Crippen molar-refractivity contribution < 1.29 is 9.53 Å². The standard InChI is InChI=1S/C12H9N3O2/c1-17-11(16)5-3-8-2-4-10-9(6-8)12(13)15-7-14-10/h2,4,6-7H,1H3,(H2,13,14,15). The zero-order valence-electron chi connectivity index (χ0n) is 9.10. The van der Waals surface area contributed by atoms with Gasteiger partial charge in [-0.25, -0.2) is 14.8 Å². The van der Waals surface area contributed by atoms with Crippen molar-refractivity contribution in [2.75, 3.05) is 12.8 Å². The maximum atomic E-state index is 10.9. The van der Waals surface area contributed by atoms with Crippen LogP contribution in [-0.4, -0.2) is 23.0 Å². The van der Waals surface area contributed by atoms with Gasteiger partial charge in [0.2, 0.25) is 0 Å². The fourth-order valence-electron chi connectivity index (χ4n) is 1.33. The zero-order valence-corrected chi connectivity index (χ0v) is 9.10. The SMILES string of the molecule is COC(=O)C#Cc1ccc2ncnc(N)c2c1. The van der Waals surface area contributed by atoms with Gasteiger partial charge in [-0.2, -0.15) is 0 Å². The topological polar surface area (TPSA) is 78.1 Å². The molecule has 2 N–H and O–H groups in total. The van der Waals surface area contributed by atoms with Crippen LogP contribution in [0.15, 0.2) is 24.5 Å². The van der Waals surface area contributed by atoms with Crippen LogP contribution < -0.4 is 5.73 Å². The van der Waals surface area contributed by atoms with Gasteiger partial charge >= 0.3 is 5.97 Å². The molecule has 1 aromatic carbocycles. The molecule has 0 amide bonds. The Labute approximate surface area is 97.6 Å². The molecule has 2 rings (SSSR count). The van der Waals surface area contributed by atoms with Gasteiger partial charge in [-0.15, -0.1) is 0 Å². The molecule has 0 aliphatic heterocycles. The van der Waals surface area contributed by atoms with E-state index in [1.54, 1.807) is 18.2 Å². The first-order chi connectivity index (χ1) is 8.20. The lowest BCUT2D eigenvalue weighted by atomic mass is 10.1. The molecule has 0 bridgehead atoms. The summed E-state index contributed by atoms with van der Waals surface area (Å²) >= 11 is 0. The number of anilines is 1. The number of aromatic nitrogens is 2. The summed E-state index contributed by atoms with van der Waals surface area (Å²) in [6.07, 6.45) is 1.40. The third kappa shape index (κ3) is 2.32. The predicted octanol–water partition coefficient (Wildman–Crippen LogP) is 0.737. The van der Waals surface area contributed by atoms with Crippen molar-refractivity contribution in [3.63, 3.8) is 0 Å². The third-order valence-corrected chi connectivity index (χ3v) is 2.16. The molecular formula is C12H9N3O2. The van der Waals surface area contributed by atoms with Gasteiger partial charge in [0, 0.05) is 16.9 Å². The lowest BCUT2D eigenvalue weighted by Crippen LogP contribution is -1.95. The Morgan fingerprint density at radius 2 is 2.24 bits per heavy atom.